The average molecular weight is 127 g/mol. The summed E-state index contributed by atoms with van der Waals surface area (Å²) in [6.07, 6.45) is 0.632. The zero-order valence-electron chi connectivity index (χ0n) is 5.27. The Labute approximate surface area is 53.4 Å². The Balaban J connectivity index is 2.62. The van der Waals surface area contributed by atoms with Crippen molar-refractivity contribution >= 4 is 11.5 Å². The topological polar surface area (TPSA) is 60.2 Å². The van der Waals surface area contributed by atoms with E-state index in [2.05, 4.69) is 0 Å². The lowest BCUT2D eigenvalue weighted by Gasteiger charge is -2.11. The van der Waals surface area contributed by atoms with Gasteiger partial charge in [-0.25, -0.2) is 5.06 Å². The third kappa shape index (κ3) is 0.929. The van der Waals surface area contributed by atoms with Crippen LogP contribution in [0.1, 0.15) is 6.42 Å². The van der Waals surface area contributed by atoms with E-state index in [9.17, 15) is 0 Å². The van der Waals surface area contributed by atoms with Crippen molar-refractivity contribution < 1.29 is 4.84 Å². The average Bonchev–Trinajstić information content (AvgIpc) is 2.15. The van der Waals surface area contributed by atoms with Crippen LogP contribution in [0.3, 0.4) is 0 Å². The molecule has 0 aromatic rings. The second-order valence-electron chi connectivity index (χ2n) is 1.86. The number of nitrogens with one attached hydrogen (secondary N) is 2. The van der Waals surface area contributed by atoms with Crippen LogP contribution >= 0.6 is 0 Å². The highest BCUT2D eigenvalue weighted by molar-refractivity contribution is 6.40. The third-order valence-electron chi connectivity index (χ3n) is 1.32. The highest BCUT2D eigenvalue weighted by Crippen LogP contribution is 2.05. The second kappa shape index (κ2) is 2.14. The lowest BCUT2D eigenvalue weighted by molar-refractivity contribution is -0.0559. The van der Waals surface area contributed by atoms with E-state index >= 15 is 0 Å². The lowest BCUT2D eigenvalue weighted by Crippen LogP contribution is -2.25. The summed E-state index contributed by atoms with van der Waals surface area (Å²) < 4.78 is 0. The van der Waals surface area contributed by atoms with Gasteiger partial charge in [-0.3, -0.25) is 10.2 Å². The molecule has 1 saturated heterocycles. The number of rotatable bonds is 1. The van der Waals surface area contributed by atoms with E-state index < -0.39 is 0 Å². The number of hydroxylamine groups is 2. The van der Waals surface area contributed by atoms with Gasteiger partial charge in [-0.1, -0.05) is 0 Å². The van der Waals surface area contributed by atoms with Gasteiger partial charge in [-0.2, -0.15) is 0 Å². The van der Waals surface area contributed by atoms with E-state index in [0.717, 1.165) is 0 Å². The fraction of sp³-hybridized carbons (Fsp3) is 0.600. The first-order valence-corrected chi connectivity index (χ1v) is 2.73. The van der Waals surface area contributed by atoms with Gasteiger partial charge in [0, 0.05) is 6.42 Å². The molecule has 0 amide bonds. The molecule has 0 aromatic heterocycles. The Hall–Kier alpha value is -0.900. The van der Waals surface area contributed by atoms with Crippen molar-refractivity contribution in [2.45, 2.75) is 6.42 Å². The Bertz CT molecular complexity index is 154. The SMILES string of the molecule is CON1CCC(=N)C1=N. The molecule has 1 aliphatic heterocycles. The molecule has 0 aromatic carbocycles. The van der Waals surface area contributed by atoms with Gasteiger partial charge in [0.1, 0.15) is 0 Å². The van der Waals surface area contributed by atoms with Gasteiger partial charge in [0.2, 0.25) is 0 Å². The highest BCUT2D eigenvalue weighted by atomic mass is 16.7. The summed E-state index contributed by atoms with van der Waals surface area (Å²) in [6.45, 7) is 0.647. The largest absolute Gasteiger partial charge is 0.301 e. The molecule has 0 atom stereocenters. The molecule has 4 nitrogen and oxygen atoms in total. The molecule has 4 heteroatoms. The molecule has 1 aliphatic rings. The van der Waals surface area contributed by atoms with Crippen molar-refractivity contribution in [3.05, 3.63) is 0 Å². The van der Waals surface area contributed by atoms with Crippen LogP contribution in [0.4, 0.5) is 0 Å². The predicted molar refractivity (Wildman–Crippen MR) is 33.8 cm³/mol. The van der Waals surface area contributed by atoms with Gasteiger partial charge in [0.05, 0.1) is 19.4 Å². The first-order chi connectivity index (χ1) is 4.25. The Kier molecular flexibility index (Phi) is 1.48. The predicted octanol–water partition coefficient (Wildman–Crippen LogP) is 0.251. The minimum absolute atomic E-state index is 0.192. The fourth-order valence-electron chi connectivity index (χ4n) is 0.777. The number of hydrogen-bond acceptors (Lipinski definition) is 3. The molecule has 0 spiro atoms. The summed E-state index contributed by atoms with van der Waals surface area (Å²) >= 11 is 0. The normalized spacial score (nSPS) is 19.4. The fourth-order valence-corrected chi connectivity index (χ4v) is 0.777. The Morgan fingerprint density at radius 1 is 1.56 bits per heavy atom. The van der Waals surface area contributed by atoms with Gasteiger partial charge >= 0.3 is 0 Å². The number of hydrogen-bond donors (Lipinski definition) is 2. The van der Waals surface area contributed by atoms with Gasteiger partial charge in [-0.05, 0) is 0 Å². The molecule has 9 heavy (non-hydrogen) atoms. The van der Waals surface area contributed by atoms with E-state index in [1.807, 2.05) is 0 Å². The second-order valence-corrected chi connectivity index (χ2v) is 1.86. The number of nitrogens with zero attached hydrogens (tertiary/aromatic N) is 1. The third-order valence-corrected chi connectivity index (χ3v) is 1.32. The van der Waals surface area contributed by atoms with Crippen LogP contribution in [0, 0.1) is 10.8 Å². The van der Waals surface area contributed by atoms with Crippen molar-refractivity contribution in [2.75, 3.05) is 13.7 Å². The molecular formula is C5H9N3O. The van der Waals surface area contributed by atoms with Crippen LogP contribution in [0.2, 0.25) is 0 Å². The van der Waals surface area contributed by atoms with E-state index in [4.69, 9.17) is 15.7 Å². The summed E-state index contributed by atoms with van der Waals surface area (Å²) in [5.74, 6) is 0.192. The van der Waals surface area contributed by atoms with Crippen LogP contribution < -0.4 is 0 Å². The molecular weight excluding hydrogens is 118 g/mol. The van der Waals surface area contributed by atoms with Gasteiger partial charge in [0.15, 0.2) is 5.84 Å². The van der Waals surface area contributed by atoms with Crippen molar-refractivity contribution in [2.24, 2.45) is 0 Å². The maximum Gasteiger partial charge on any atom is 0.166 e. The summed E-state index contributed by atoms with van der Waals surface area (Å²) in [4.78, 5) is 4.76. The van der Waals surface area contributed by atoms with Crippen LogP contribution in [0.25, 0.3) is 0 Å². The monoisotopic (exact) mass is 127 g/mol. The van der Waals surface area contributed by atoms with Crippen molar-refractivity contribution in [3.63, 3.8) is 0 Å². The Morgan fingerprint density at radius 2 is 2.22 bits per heavy atom. The molecule has 1 rings (SSSR count). The summed E-state index contributed by atoms with van der Waals surface area (Å²) in [7, 11) is 1.51. The molecule has 1 heterocycles. The van der Waals surface area contributed by atoms with Crippen LogP contribution in [-0.2, 0) is 4.84 Å². The zero-order chi connectivity index (χ0) is 6.85. The zero-order valence-corrected chi connectivity index (χ0v) is 5.27. The minimum atomic E-state index is 0.192. The molecule has 50 valence electrons. The van der Waals surface area contributed by atoms with Crippen molar-refractivity contribution in [3.8, 4) is 0 Å². The molecule has 2 N–H and O–H groups in total. The van der Waals surface area contributed by atoms with Crippen LogP contribution in [-0.4, -0.2) is 30.3 Å². The van der Waals surface area contributed by atoms with E-state index in [0.29, 0.717) is 18.7 Å². The first kappa shape index (κ1) is 6.22. The van der Waals surface area contributed by atoms with Gasteiger partial charge < -0.3 is 5.41 Å². The highest BCUT2D eigenvalue weighted by Gasteiger charge is 2.21. The van der Waals surface area contributed by atoms with Crippen molar-refractivity contribution in [1.82, 2.24) is 5.06 Å². The summed E-state index contributed by atoms with van der Waals surface area (Å²) in [5, 5.41) is 15.7. The Morgan fingerprint density at radius 3 is 2.44 bits per heavy atom. The van der Waals surface area contributed by atoms with Gasteiger partial charge in [0.25, 0.3) is 0 Å². The minimum Gasteiger partial charge on any atom is -0.301 e. The van der Waals surface area contributed by atoms with E-state index in [1.165, 1.54) is 12.2 Å². The standard InChI is InChI=1S/C5H9N3O/c1-9-8-3-2-4(6)5(8)7/h6-7H,2-3H2,1H3. The maximum atomic E-state index is 7.19. The van der Waals surface area contributed by atoms with E-state index in [1.54, 1.807) is 0 Å². The van der Waals surface area contributed by atoms with E-state index in [-0.39, 0.29) is 5.84 Å². The molecule has 0 radical (unpaired) electrons. The summed E-state index contributed by atoms with van der Waals surface area (Å²) in [5.41, 5.74) is 0.358. The lowest BCUT2D eigenvalue weighted by atomic mass is 10.3. The first-order valence-electron chi connectivity index (χ1n) is 2.73. The molecule has 0 saturated carbocycles. The molecule has 1 fully saturated rings. The molecule has 0 unspecified atom stereocenters. The maximum absolute atomic E-state index is 7.19. The van der Waals surface area contributed by atoms with Crippen LogP contribution in [0.15, 0.2) is 0 Å². The van der Waals surface area contributed by atoms with Gasteiger partial charge in [-0.15, -0.1) is 0 Å². The molecule has 0 aliphatic carbocycles. The molecule has 0 bridgehead atoms. The van der Waals surface area contributed by atoms with Crippen molar-refractivity contribution in [1.29, 1.82) is 10.8 Å². The summed E-state index contributed by atoms with van der Waals surface area (Å²) in [6, 6.07) is 0. The quantitative estimate of drug-likeness (QED) is 0.530. The smallest absolute Gasteiger partial charge is 0.166 e. The number of amidine groups is 1. The van der Waals surface area contributed by atoms with Crippen LogP contribution in [0.5, 0.6) is 0 Å².